The maximum atomic E-state index is 13.0. The summed E-state index contributed by atoms with van der Waals surface area (Å²) in [5, 5.41) is 4.86. The molecule has 7 heteroatoms. The SMILES string of the molecule is CC(Sc1nc2scc(-c3cccs3)c2c(=O)n1C)C(=O)c1ccccc1. The van der Waals surface area contributed by atoms with Crippen LogP contribution in [0, 0.1) is 0 Å². The van der Waals surface area contributed by atoms with Gasteiger partial charge in [0.1, 0.15) is 4.83 Å². The van der Waals surface area contributed by atoms with Crippen LogP contribution in [0.3, 0.4) is 0 Å². The molecule has 3 aromatic heterocycles. The molecule has 4 rings (SSSR count). The molecular formula is C20H16N2O2S3. The van der Waals surface area contributed by atoms with Crippen LogP contribution in [0.15, 0.2) is 63.2 Å². The van der Waals surface area contributed by atoms with Crippen molar-refractivity contribution in [1.29, 1.82) is 0 Å². The fraction of sp³-hybridized carbons (Fsp3) is 0.150. The number of benzene rings is 1. The monoisotopic (exact) mass is 412 g/mol. The molecule has 0 saturated carbocycles. The van der Waals surface area contributed by atoms with E-state index in [1.54, 1.807) is 23.0 Å². The van der Waals surface area contributed by atoms with Crippen molar-refractivity contribution < 1.29 is 4.79 Å². The first-order valence-electron chi connectivity index (χ1n) is 8.34. The molecule has 0 aliphatic rings. The average Bonchev–Trinajstić information content (AvgIpc) is 3.35. The first-order chi connectivity index (χ1) is 13.1. The zero-order chi connectivity index (χ0) is 19.0. The average molecular weight is 413 g/mol. The van der Waals surface area contributed by atoms with Gasteiger partial charge in [-0.3, -0.25) is 14.2 Å². The minimum atomic E-state index is -0.334. The summed E-state index contributed by atoms with van der Waals surface area (Å²) < 4.78 is 1.55. The molecule has 0 N–H and O–H groups in total. The van der Waals surface area contributed by atoms with Gasteiger partial charge in [-0.2, -0.15) is 0 Å². The lowest BCUT2D eigenvalue weighted by molar-refractivity contribution is 0.0994. The van der Waals surface area contributed by atoms with Crippen molar-refractivity contribution >= 4 is 50.4 Å². The lowest BCUT2D eigenvalue weighted by atomic mass is 10.1. The Hall–Kier alpha value is -2.22. The summed E-state index contributed by atoms with van der Waals surface area (Å²) in [7, 11) is 1.71. The molecule has 4 nitrogen and oxygen atoms in total. The summed E-state index contributed by atoms with van der Waals surface area (Å²) in [4.78, 5) is 32.1. The molecule has 0 spiro atoms. The van der Waals surface area contributed by atoms with E-state index < -0.39 is 0 Å². The van der Waals surface area contributed by atoms with E-state index in [1.807, 2.05) is 60.1 Å². The van der Waals surface area contributed by atoms with Crippen molar-refractivity contribution in [2.24, 2.45) is 7.05 Å². The van der Waals surface area contributed by atoms with Crippen LogP contribution < -0.4 is 5.56 Å². The molecule has 136 valence electrons. The number of thiophene rings is 2. The zero-order valence-electron chi connectivity index (χ0n) is 14.7. The van der Waals surface area contributed by atoms with Gasteiger partial charge in [-0.25, -0.2) is 4.98 Å². The number of nitrogens with zero attached hydrogens (tertiary/aromatic N) is 2. The summed E-state index contributed by atoms with van der Waals surface area (Å²) >= 11 is 4.39. The maximum absolute atomic E-state index is 13.0. The minimum Gasteiger partial charge on any atom is -0.293 e. The van der Waals surface area contributed by atoms with Gasteiger partial charge in [-0.05, 0) is 18.4 Å². The molecule has 3 heterocycles. The van der Waals surface area contributed by atoms with Crippen LogP contribution in [0.4, 0.5) is 0 Å². The van der Waals surface area contributed by atoms with Gasteiger partial charge in [0.15, 0.2) is 10.9 Å². The van der Waals surface area contributed by atoms with Gasteiger partial charge in [0.05, 0.1) is 10.6 Å². The minimum absolute atomic E-state index is 0.0281. The van der Waals surface area contributed by atoms with Gasteiger partial charge in [0.25, 0.3) is 5.56 Å². The molecule has 4 aromatic rings. The van der Waals surface area contributed by atoms with Gasteiger partial charge >= 0.3 is 0 Å². The van der Waals surface area contributed by atoms with Crippen LogP contribution in [0.2, 0.25) is 0 Å². The molecule has 0 radical (unpaired) electrons. The number of rotatable bonds is 5. The zero-order valence-corrected chi connectivity index (χ0v) is 17.2. The molecule has 0 aliphatic carbocycles. The van der Waals surface area contributed by atoms with Gasteiger partial charge < -0.3 is 0 Å². The number of aromatic nitrogens is 2. The molecule has 1 atom stereocenters. The third-order valence-electron chi connectivity index (χ3n) is 4.27. The van der Waals surface area contributed by atoms with Crippen molar-refractivity contribution in [2.75, 3.05) is 0 Å². The molecule has 1 unspecified atom stereocenters. The third kappa shape index (κ3) is 3.38. The Balaban J connectivity index is 1.70. The predicted molar refractivity (Wildman–Crippen MR) is 114 cm³/mol. The second kappa shape index (κ2) is 7.42. The van der Waals surface area contributed by atoms with Crippen molar-refractivity contribution in [3.8, 4) is 10.4 Å². The normalized spacial score (nSPS) is 12.4. The number of fused-ring (bicyclic) bond motifs is 1. The van der Waals surface area contributed by atoms with Gasteiger partial charge in [0, 0.05) is 28.4 Å². The molecule has 0 aliphatic heterocycles. The number of hydrogen-bond acceptors (Lipinski definition) is 6. The number of Topliss-reactive ketones (excluding diaryl/α,β-unsaturated/α-hetero) is 1. The van der Waals surface area contributed by atoms with Crippen LogP contribution in [0.5, 0.6) is 0 Å². The lowest BCUT2D eigenvalue weighted by Gasteiger charge is -2.12. The van der Waals surface area contributed by atoms with E-state index in [0.717, 1.165) is 10.4 Å². The maximum Gasteiger partial charge on any atom is 0.263 e. The van der Waals surface area contributed by atoms with Crippen molar-refractivity contribution in [1.82, 2.24) is 9.55 Å². The van der Waals surface area contributed by atoms with Crippen LogP contribution in [0.25, 0.3) is 20.7 Å². The Morgan fingerprint density at radius 1 is 1.15 bits per heavy atom. The highest BCUT2D eigenvalue weighted by atomic mass is 32.2. The number of carbonyl (C=O) groups is 1. The fourth-order valence-corrected chi connectivity index (χ4v) is 5.57. The summed E-state index contributed by atoms with van der Waals surface area (Å²) in [6.45, 7) is 1.85. The number of carbonyl (C=O) groups excluding carboxylic acids is 1. The van der Waals surface area contributed by atoms with E-state index in [9.17, 15) is 9.59 Å². The topological polar surface area (TPSA) is 52.0 Å². The van der Waals surface area contributed by atoms with Crippen molar-refractivity contribution in [2.45, 2.75) is 17.3 Å². The predicted octanol–water partition coefficient (Wildman–Crippen LogP) is 5.09. The molecule has 1 aromatic carbocycles. The first kappa shape index (κ1) is 18.2. The standard InChI is InChI=1S/C20H16N2O2S3/c1-12(17(23)13-7-4-3-5-8-13)27-20-21-18-16(19(24)22(20)2)14(11-26-18)15-9-6-10-25-15/h3-12H,1-2H3. The van der Waals surface area contributed by atoms with Crippen LogP contribution >= 0.6 is 34.4 Å². The second-order valence-corrected chi connectivity index (χ2v) is 9.17. The summed E-state index contributed by atoms with van der Waals surface area (Å²) in [6.07, 6.45) is 0. The fourth-order valence-electron chi connectivity index (χ4n) is 2.82. The lowest BCUT2D eigenvalue weighted by Crippen LogP contribution is -2.22. The third-order valence-corrected chi connectivity index (χ3v) is 7.19. The molecule has 0 bridgehead atoms. The highest BCUT2D eigenvalue weighted by molar-refractivity contribution is 8.00. The van der Waals surface area contributed by atoms with E-state index in [0.29, 0.717) is 20.9 Å². The Bertz CT molecular complexity index is 1160. The Morgan fingerprint density at radius 2 is 1.93 bits per heavy atom. The first-order valence-corrected chi connectivity index (χ1v) is 11.0. The van der Waals surface area contributed by atoms with Gasteiger partial charge in [-0.15, -0.1) is 22.7 Å². The Kier molecular flexibility index (Phi) is 4.99. The van der Waals surface area contributed by atoms with E-state index in [2.05, 4.69) is 4.98 Å². The summed E-state index contributed by atoms with van der Waals surface area (Å²) in [5.74, 6) is 0.0281. The van der Waals surface area contributed by atoms with E-state index in [4.69, 9.17) is 0 Å². The molecule has 27 heavy (non-hydrogen) atoms. The number of hydrogen-bond donors (Lipinski definition) is 0. The van der Waals surface area contributed by atoms with E-state index in [1.165, 1.54) is 23.1 Å². The highest BCUT2D eigenvalue weighted by Crippen LogP contribution is 2.35. The molecular weight excluding hydrogens is 396 g/mol. The Morgan fingerprint density at radius 3 is 2.63 bits per heavy atom. The van der Waals surface area contributed by atoms with Crippen LogP contribution in [0.1, 0.15) is 17.3 Å². The number of thioether (sulfide) groups is 1. The molecule has 0 saturated heterocycles. The summed E-state index contributed by atoms with van der Waals surface area (Å²) in [5.41, 5.74) is 1.52. The largest absolute Gasteiger partial charge is 0.293 e. The molecule has 0 fully saturated rings. The number of ketones is 1. The quantitative estimate of drug-likeness (QED) is 0.260. The van der Waals surface area contributed by atoms with Crippen molar-refractivity contribution in [3.05, 3.63) is 69.1 Å². The molecule has 0 amide bonds. The van der Waals surface area contributed by atoms with Gasteiger partial charge in [0.2, 0.25) is 0 Å². The van der Waals surface area contributed by atoms with E-state index in [-0.39, 0.29) is 16.6 Å². The van der Waals surface area contributed by atoms with Gasteiger partial charge in [-0.1, -0.05) is 48.2 Å². The van der Waals surface area contributed by atoms with Crippen molar-refractivity contribution in [3.63, 3.8) is 0 Å². The smallest absolute Gasteiger partial charge is 0.263 e. The highest BCUT2D eigenvalue weighted by Gasteiger charge is 2.21. The van der Waals surface area contributed by atoms with Crippen LogP contribution in [-0.2, 0) is 7.05 Å². The summed E-state index contributed by atoms with van der Waals surface area (Å²) in [6, 6.07) is 13.2. The van der Waals surface area contributed by atoms with E-state index >= 15 is 0 Å². The van der Waals surface area contributed by atoms with Crippen LogP contribution in [-0.4, -0.2) is 20.6 Å². The second-order valence-electron chi connectivity index (χ2n) is 6.06. The Labute approximate surface area is 168 Å².